The molecule has 2 N–H and O–H groups in total. The van der Waals surface area contributed by atoms with E-state index in [0.717, 1.165) is 11.1 Å². The van der Waals surface area contributed by atoms with Crippen molar-refractivity contribution in [1.29, 1.82) is 0 Å². The van der Waals surface area contributed by atoms with Gasteiger partial charge in [-0.25, -0.2) is 4.39 Å². The molecule has 0 saturated heterocycles. The van der Waals surface area contributed by atoms with Gasteiger partial charge in [0.2, 0.25) is 0 Å². The van der Waals surface area contributed by atoms with Crippen molar-refractivity contribution in [2.75, 3.05) is 0 Å². The fraction of sp³-hybridized carbons (Fsp3) is 0.250. The Morgan fingerprint density at radius 3 is 2.79 bits per heavy atom. The van der Waals surface area contributed by atoms with Crippen LogP contribution in [0.3, 0.4) is 0 Å². The second kappa shape index (κ2) is 4.76. The Balaban J connectivity index is 2.00. The zero-order valence-electron chi connectivity index (χ0n) is 10.8. The van der Waals surface area contributed by atoms with Gasteiger partial charge in [0.05, 0.1) is 19.3 Å². The van der Waals surface area contributed by atoms with Crippen molar-refractivity contribution < 1.29 is 9.13 Å². The summed E-state index contributed by atoms with van der Waals surface area (Å²) >= 11 is 0. The summed E-state index contributed by atoms with van der Waals surface area (Å²) in [4.78, 5) is 0. The number of ether oxygens (including phenoxy) is 1. The van der Waals surface area contributed by atoms with E-state index in [9.17, 15) is 4.39 Å². The molecule has 2 nitrogen and oxygen atoms in total. The monoisotopic (exact) mass is 257 g/mol. The van der Waals surface area contributed by atoms with Gasteiger partial charge in [-0.3, -0.25) is 0 Å². The number of nitrogens with two attached hydrogens (primary N) is 1. The minimum atomic E-state index is -0.439. The lowest BCUT2D eigenvalue weighted by molar-refractivity contribution is 0.134. The van der Waals surface area contributed by atoms with Crippen LogP contribution in [-0.2, 0) is 18.0 Å². The Bertz CT molecular complexity index is 624. The summed E-state index contributed by atoms with van der Waals surface area (Å²) in [7, 11) is 0. The van der Waals surface area contributed by atoms with Crippen LogP contribution in [0.4, 0.5) is 4.39 Å². The highest BCUT2D eigenvalue weighted by Gasteiger charge is 2.18. The molecule has 0 radical (unpaired) electrons. The molecule has 1 aliphatic rings. The number of halogens is 1. The predicted octanol–water partition coefficient (Wildman–Crippen LogP) is 3.21. The van der Waals surface area contributed by atoms with Crippen molar-refractivity contribution in [3.8, 4) is 0 Å². The molecule has 3 rings (SSSR count). The van der Waals surface area contributed by atoms with Gasteiger partial charge in [0.25, 0.3) is 0 Å². The van der Waals surface area contributed by atoms with E-state index in [1.165, 1.54) is 5.56 Å². The molecular weight excluding hydrogens is 241 g/mol. The van der Waals surface area contributed by atoms with Crippen LogP contribution in [0.1, 0.15) is 33.9 Å². The first-order chi connectivity index (χ1) is 9.16. The summed E-state index contributed by atoms with van der Waals surface area (Å²) in [5, 5.41) is 0. The van der Waals surface area contributed by atoms with Crippen LogP contribution in [0.15, 0.2) is 36.4 Å². The summed E-state index contributed by atoms with van der Waals surface area (Å²) in [6.07, 6.45) is 0. The number of fused-ring (bicyclic) bond motifs is 1. The Kier molecular flexibility index (Phi) is 3.09. The minimum Gasteiger partial charge on any atom is -0.372 e. The smallest absolute Gasteiger partial charge is 0.131 e. The highest BCUT2D eigenvalue weighted by molar-refractivity contribution is 5.40. The van der Waals surface area contributed by atoms with Gasteiger partial charge in [0.1, 0.15) is 5.82 Å². The van der Waals surface area contributed by atoms with Gasteiger partial charge in [-0.2, -0.15) is 0 Å². The van der Waals surface area contributed by atoms with Crippen molar-refractivity contribution in [3.63, 3.8) is 0 Å². The van der Waals surface area contributed by atoms with Crippen LogP contribution in [0.25, 0.3) is 0 Å². The average molecular weight is 257 g/mol. The summed E-state index contributed by atoms with van der Waals surface area (Å²) in [5.41, 5.74) is 10.6. The van der Waals surface area contributed by atoms with E-state index in [0.29, 0.717) is 24.3 Å². The van der Waals surface area contributed by atoms with Gasteiger partial charge in [-0.05, 0) is 29.2 Å². The Morgan fingerprint density at radius 2 is 1.95 bits per heavy atom. The third kappa shape index (κ3) is 2.15. The van der Waals surface area contributed by atoms with Gasteiger partial charge in [0.15, 0.2) is 0 Å². The number of hydrogen-bond donors (Lipinski definition) is 1. The zero-order chi connectivity index (χ0) is 13.4. The quantitative estimate of drug-likeness (QED) is 0.896. The van der Waals surface area contributed by atoms with Crippen molar-refractivity contribution in [2.45, 2.75) is 26.2 Å². The zero-order valence-corrected chi connectivity index (χ0v) is 10.8. The first-order valence-electron chi connectivity index (χ1n) is 6.37. The molecule has 0 aliphatic carbocycles. The number of hydrogen-bond acceptors (Lipinski definition) is 2. The summed E-state index contributed by atoms with van der Waals surface area (Å²) < 4.78 is 19.5. The minimum absolute atomic E-state index is 0.216. The summed E-state index contributed by atoms with van der Waals surface area (Å²) in [6.45, 7) is 3.03. The van der Waals surface area contributed by atoms with Gasteiger partial charge in [-0.15, -0.1) is 0 Å². The van der Waals surface area contributed by atoms with E-state index in [1.807, 2.05) is 24.3 Å². The highest BCUT2D eigenvalue weighted by Crippen LogP contribution is 2.28. The predicted molar refractivity (Wildman–Crippen MR) is 72.1 cm³/mol. The molecular formula is C16H16FNO. The van der Waals surface area contributed by atoms with Crippen LogP contribution < -0.4 is 5.73 Å². The normalized spacial score (nSPS) is 15.3. The van der Waals surface area contributed by atoms with Crippen LogP contribution in [0, 0.1) is 12.7 Å². The maximum atomic E-state index is 14.1. The van der Waals surface area contributed by atoms with E-state index < -0.39 is 6.04 Å². The van der Waals surface area contributed by atoms with Crippen molar-refractivity contribution >= 4 is 0 Å². The van der Waals surface area contributed by atoms with Crippen LogP contribution in [0.2, 0.25) is 0 Å². The Morgan fingerprint density at radius 1 is 1.16 bits per heavy atom. The van der Waals surface area contributed by atoms with E-state index in [4.69, 9.17) is 10.5 Å². The number of benzene rings is 2. The molecule has 1 atom stereocenters. The lowest BCUT2D eigenvalue weighted by Gasteiger charge is -2.15. The van der Waals surface area contributed by atoms with Crippen molar-refractivity contribution in [2.24, 2.45) is 5.73 Å². The van der Waals surface area contributed by atoms with Gasteiger partial charge < -0.3 is 10.5 Å². The molecule has 0 bridgehead atoms. The molecule has 0 fully saturated rings. The molecule has 0 amide bonds. The fourth-order valence-corrected chi connectivity index (χ4v) is 2.48. The Hall–Kier alpha value is -1.71. The first kappa shape index (κ1) is 12.3. The molecule has 0 saturated carbocycles. The van der Waals surface area contributed by atoms with Gasteiger partial charge >= 0.3 is 0 Å². The lowest BCUT2D eigenvalue weighted by atomic mass is 9.95. The highest BCUT2D eigenvalue weighted by atomic mass is 19.1. The Labute approximate surface area is 112 Å². The third-order valence-corrected chi connectivity index (χ3v) is 3.66. The van der Waals surface area contributed by atoms with E-state index >= 15 is 0 Å². The molecule has 2 aromatic rings. The fourth-order valence-electron chi connectivity index (χ4n) is 2.48. The van der Waals surface area contributed by atoms with Crippen LogP contribution >= 0.6 is 0 Å². The van der Waals surface area contributed by atoms with Crippen molar-refractivity contribution in [1.82, 2.24) is 0 Å². The maximum Gasteiger partial charge on any atom is 0.131 e. The molecule has 98 valence electrons. The summed E-state index contributed by atoms with van der Waals surface area (Å²) in [5.74, 6) is -0.216. The van der Waals surface area contributed by atoms with Crippen LogP contribution in [0.5, 0.6) is 0 Å². The average Bonchev–Trinajstić information content (AvgIpc) is 2.88. The first-order valence-corrected chi connectivity index (χ1v) is 6.37. The van der Waals surface area contributed by atoms with E-state index in [2.05, 4.69) is 0 Å². The van der Waals surface area contributed by atoms with Crippen molar-refractivity contribution in [3.05, 3.63) is 70.0 Å². The summed E-state index contributed by atoms with van der Waals surface area (Å²) in [6, 6.07) is 10.9. The molecule has 19 heavy (non-hydrogen) atoms. The number of rotatable bonds is 2. The lowest BCUT2D eigenvalue weighted by Crippen LogP contribution is -2.14. The molecule has 1 heterocycles. The van der Waals surface area contributed by atoms with E-state index in [-0.39, 0.29) is 5.82 Å². The SMILES string of the molecule is Cc1cccc(C(N)c2ccc3c(c2)COC3)c1F. The second-order valence-electron chi connectivity index (χ2n) is 4.98. The largest absolute Gasteiger partial charge is 0.372 e. The molecule has 2 aromatic carbocycles. The van der Waals surface area contributed by atoms with Gasteiger partial charge in [-0.1, -0.05) is 36.4 Å². The van der Waals surface area contributed by atoms with Crippen LogP contribution in [-0.4, -0.2) is 0 Å². The standard InChI is InChI=1S/C16H16FNO/c1-10-3-2-4-14(15(10)17)16(18)11-5-6-12-8-19-9-13(12)7-11/h2-7,16H,8-9,18H2,1H3. The molecule has 0 spiro atoms. The molecule has 0 aromatic heterocycles. The van der Waals surface area contributed by atoms with E-state index in [1.54, 1.807) is 19.1 Å². The maximum absolute atomic E-state index is 14.1. The van der Waals surface area contributed by atoms with Gasteiger partial charge in [0, 0.05) is 5.56 Å². The topological polar surface area (TPSA) is 35.2 Å². The molecule has 3 heteroatoms. The second-order valence-corrected chi connectivity index (χ2v) is 4.98. The third-order valence-electron chi connectivity index (χ3n) is 3.66. The number of aryl methyl sites for hydroxylation is 1. The molecule has 1 aliphatic heterocycles. The molecule has 1 unspecified atom stereocenters.